The van der Waals surface area contributed by atoms with Gasteiger partial charge in [-0.25, -0.2) is 4.79 Å². The van der Waals surface area contributed by atoms with Crippen molar-refractivity contribution >= 4 is 45.5 Å². The molecule has 2 spiro atoms. The Hall–Kier alpha value is -1.80. The SMILES string of the molecule is CC(C)C12OC1C1OC13C1(C)CCC4=C(COC4=O)C1CC1OC13C2OC(=O)CCC(=O)OCCCCCCCCCCCCOC(=O)CCCCC1CCSS1. The third-order valence-electron chi connectivity index (χ3n) is 14.8. The Labute approximate surface area is 346 Å². The number of esters is 4. The van der Waals surface area contributed by atoms with E-state index in [1.54, 1.807) is 0 Å². The lowest BCUT2D eigenvalue weighted by Crippen LogP contribution is -2.70. The first-order valence-corrected chi connectivity index (χ1v) is 24.7. The van der Waals surface area contributed by atoms with Gasteiger partial charge >= 0.3 is 23.9 Å². The van der Waals surface area contributed by atoms with Crippen LogP contribution in [0.5, 0.6) is 0 Å². The Morgan fingerprint density at radius 2 is 1.47 bits per heavy atom. The number of cyclic esters (lactones) is 1. The van der Waals surface area contributed by atoms with Crippen LogP contribution in [0.1, 0.15) is 149 Å². The zero-order valence-electron chi connectivity index (χ0n) is 34.3. The molecule has 57 heavy (non-hydrogen) atoms. The van der Waals surface area contributed by atoms with Crippen molar-refractivity contribution in [2.75, 3.05) is 25.6 Å². The third-order valence-corrected chi connectivity index (χ3v) is 17.8. The Kier molecular flexibility index (Phi) is 12.7. The van der Waals surface area contributed by atoms with Gasteiger partial charge in [0.25, 0.3) is 0 Å². The van der Waals surface area contributed by atoms with E-state index in [-0.39, 0.29) is 66.3 Å². The molecule has 2 saturated carbocycles. The number of hydrogen-bond acceptors (Lipinski definition) is 13. The predicted molar refractivity (Wildman–Crippen MR) is 215 cm³/mol. The van der Waals surface area contributed by atoms with E-state index in [0.717, 1.165) is 74.2 Å². The monoisotopic (exact) mass is 832 g/mol. The first-order valence-electron chi connectivity index (χ1n) is 22.3. The van der Waals surface area contributed by atoms with Crippen molar-refractivity contribution in [1.82, 2.24) is 0 Å². The third kappa shape index (κ3) is 7.73. The van der Waals surface area contributed by atoms with Crippen LogP contribution in [0.4, 0.5) is 0 Å². The van der Waals surface area contributed by atoms with Crippen LogP contribution in [0.25, 0.3) is 0 Å². The molecule has 0 aromatic rings. The van der Waals surface area contributed by atoms with Gasteiger partial charge in [-0.3, -0.25) is 14.4 Å². The molecule has 318 valence electrons. The highest BCUT2D eigenvalue weighted by atomic mass is 33.1. The van der Waals surface area contributed by atoms with Crippen molar-refractivity contribution in [3.8, 4) is 0 Å². The van der Waals surface area contributed by atoms with Gasteiger partial charge in [0.2, 0.25) is 0 Å². The van der Waals surface area contributed by atoms with Crippen LogP contribution in [-0.4, -0.2) is 95.9 Å². The molecule has 8 aliphatic rings. The minimum Gasteiger partial charge on any atom is -0.466 e. The number of fused-ring (bicyclic) bond motifs is 4. The fraction of sp³-hybridized carbons (Fsp3) is 0.864. The highest BCUT2D eigenvalue weighted by molar-refractivity contribution is 8.77. The molecule has 5 heterocycles. The van der Waals surface area contributed by atoms with Gasteiger partial charge < -0.3 is 33.2 Å². The number of carbonyl (C=O) groups is 4. The molecule has 0 N–H and O–H groups in total. The summed E-state index contributed by atoms with van der Waals surface area (Å²) < 4.78 is 42.7. The summed E-state index contributed by atoms with van der Waals surface area (Å²) in [6, 6.07) is 0. The molecule has 4 saturated heterocycles. The average Bonchev–Trinajstić information content (AvgIpc) is 4.14. The number of unbranched alkanes of at least 4 members (excludes halogenated alkanes) is 10. The second-order valence-corrected chi connectivity index (χ2v) is 21.2. The van der Waals surface area contributed by atoms with E-state index in [1.165, 1.54) is 50.7 Å². The molecular weight excluding hydrogens is 769 g/mol. The summed E-state index contributed by atoms with van der Waals surface area (Å²) in [5.74, 6) is 0.371. The number of hydrogen-bond donors (Lipinski definition) is 0. The molecule has 0 radical (unpaired) electrons. The number of carbonyl (C=O) groups excluding carboxylic acids is 4. The van der Waals surface area contributed by atoms with Gasteiger partial charge in [-0.2, -0.15) is 0 Å². The Morgan fingerprint density at radius 3 is 2.14 bits per heavy atom. The molecule has 0 amide bonds. The topological polar surface area (TPSA) is 143 Å². The molecule has 6 fully saturated rings. The molecule has 11 nitrogen and oxygen atoms in total. The lowest BCUT2D eigenvalue weighted by atomic mass is 9.46. The minimum absolute atomic E-state index is 0.0294. The fourth-order valence-corrected chi connectivity index (χ4v) is 14.6. The number of epoxide rings is 3. The molecular formula is C44H64O11S2. The first kappa shape index (κ1) is 41.9. The number of ether oxygens (including phenoxy) is 7. The second-order valence-electron chi connectivity index (χ2n) is 18.4. The van der Waals surface area contributed by atoms with E-state index in [9.17, 15) is 19.2 Å². The molecule has 5 aliphatic heterocycles. The van der Waals surface area contributed by atoms with Gasteiger partial charge in [0.05, 0.1) is 32.2 Å². The van der Waals surface area contributed by atoms with Gasteiger partial charge in [0.15, 0.2) is 11.7 Å². The van der Waals surface area contributed by atoms with E-state index in [1.807, 2.05) is 21.6 Å². The van der Waals surface area contributed by atoms with Crippen molar-refractivity contribution in [3.05, 3.63) is 11.1 Å². The second kappa shape index (κ2) is 17.3. The minimum atomic E-state index is -0.804. The summed E-state index contributed by atoms with van der Waals surface area (Å²) in [6.07, 6.45) is 17.0. The highest BCUT2D eigenvalue weighted by Gasteiger charge is 3.01. The van der Waals surface area contributed by atoms with Crippen molar-refractivity contribution in [3.63, 3.8) is 0 Å². The lowest BCUT2D eigenvalue weighted by molar-refractivity contribution is -0.170. The Morgan fingerprint density at radius 1 is 0.807 bits per heavy atom. The summed E-state index contributed by atoms with van der Waals surface area (Å²) in [4.78, 5) is 50.5. The predicted octanol–water partition coefficient (Wildman–Crippen LogP) is 8.14. The van der Waals surface area contributed by atoms with Crippen LogP contribution in [0.3, 0.4) is 0 Å². The first-order chi connectivity index (χ1) is 27.6. The molecule has 0 aromatic heterocycles. The van der Waals surface area contributed by atoms with Crippen LogP contribution in [0, 0.1) is 17.3 Å². The fourth-order valence-electron chi connectivity index (χ4n) is 11.6. The number of rotatable bonds is 23. The summed E-state index contributed by atoms with van der Waals surface area (Å²) in [5.41, 5.74) is -0.547. The van der Waals surface area contributed by atoms with Crippen LogP contribution in [0.15, 0.2) is 11.1 Å². The van der Waals surface area contributed by atoms with Gasteiger partial charge in [-0.15, -0.1) is 0 Å². The maximum Gasteiger partial charge on any atom is 0.334 e. The van der Waals surface area contributed by atoms with E-state index in [2.05, 4.69) is 20.8 Å². The zero-order chi connectivity index (χ0) is 39.8. The van der Waals surface area contributed by atoms with Crippen LogP contribution in [-0.2, 0) is 52.3 Å². The summed E-state index contributed by atoms with van der Waals surface area (Å²) >= 11 is 0. The summed E-state index contributed by atoms with van der Waals surface area (Å²) in [5, 5.41) is 0.782. The quantitative estimate of drug-likeness (QED) is 0.0322. The summed E-state index contributed by atoms with van der Waals surface area (Å²) in [6.45, 7) is 7.69. The van der Waals surface area contributed by atoms with E-state index in [0.29, 0.717) is 32.7 Å². The Balaban J connectivity index is 0.676. The van der Waals surface area contributed by atoms with Gasteiger partial charge in [-0.1, -0.05) is 100 Å². The molecule has 8 rings (SSSR count). The van der Waals surface area contributed by atoms with Crippen molar-refractivity contribution in [1.29, 1.82) is 0 Å². The molecule has 10 unspecified atom stereocenters. The van der Waals surface area contributed by atoms with Crippen molar-refractivity contribution in [2.24, 2.45) is 17.3 Å². The van der Waals surface area contributed by atoms with Crippen LogP contribution < -0.4 is 0 Å². The normalized spacial score (nSPS) is 37.6. The van der Waals surface area contributed by atoms with Gasteiger partial charge in [-0.05, 0) is 68.8 Å². The molecule has 3 aliphatic carbocycles. The zero-order valence-corrected chi connectivity index (χ0v) is 36.0. The van der Waals surface area contributed by atoms with Crippen molar-refractivity contribution in [2.45, 2.75) is 196 Å². The molecule has 13 heteroatoms. The molecule has 0 bridgehead atoms. The molecule has 10 atom stereocenters. The van der Waals surface area contributed by atoms with Gasteiger partial charge in [0, 0.05) is 28.4 Å². The Bertz CT molecular complexity index is 1560. The standard InChI is InChI=1S/C44H64O11S2/c1-28(2)42-37(54-42)38-44(55-38)41(3)22-20-30-31(27-51-39(30)48)32(41)26-33-43(44,53-33)40(42)52-36(47)19-18-35(46)50-24-15-11-9-7-5-4-6-8-10-14-23-49-34(45)17-13-12-16-29-21-25-56-57-29/h28-29,32-33,37-38,40H,4-27H2,1-3H3. The van der Waals surface area contributed by atoms with E-state index < -0.39 is 28.9 Å². The van der Waals surface area contributed by atoms with E-state index in [4.69, 9.17) is 33.2 Å². The molecule has 0 aromatic carbocycles. The van der Waals surface area contributed by atoms with Crippen LogP contribution >= 0.6 is 21.6 Å². The largest absolute Gasteiger partial charge is 0.466 e. The lowest BCUT2D eigenvalue weighted by Gasteiger charge is -2.53. The van der Waals surface area contributed by atoms with Crippen molar-refractivity contribution < 1.29 is 52.3 Å². The van der Waals surface area contributed by atoms with E-state index >= 15 is 0 Å². The summed E-state index contributed by atoms with van der Waals surface area (Å²) in [7, 11) is 3.98. The maximum absolute atomic E-state index is 13.5. The smallest absolute Gasteiger partial charge is 0.334 e. The van der Waals surface area contributed by atoms with Crippen LogP contribution in [0.2, 0.25) is 0 Å². The highest BCUT2D eigenvalue weighted by Crippen LogP contribution is 2.83. The van der Waals surface area contributed by atoms with Gasteiger partial charge in [0.1, 0.15) is 30.0 Å². The maximum atomic E-state index is 13.5. The average molecular weight is 833 g/mol.